The topological polar surface area (TPSA) is 80.0 Å². The second kappa shape index (κ2) is 6.74. The van der Waals surface area contributed by atoms with Crippen LogP contribution in [0.1, 0.15) is 30.1 Å². The number of hydrogen-bond donors (Lipinski definition) is 3. The maximum Gasteiger partial charge on any atom is 0.251 e. The molecule has 4 rings (SSSR count). The lowest BCUT2D eigenvalue weighted by atomic mass is 10.0. The first-order chi connectivity index (χ1) is 12.1. The van der Waals surface area contributed by atoms with Crippen molar-refractivity contribution < 1.29 is 4.79 Å². The highest BCUT2D eigenvalue weighted by Crippen LogP contribution is 2.39. The highest BCUT2D eigenvalue weighted by Gasteiger charge is 2.21. The fourth-order valence-corrected chi connectivity index (χ4v) is 5.08. The number of thiophene rings is 2. The van der Waals surface area contributed by atoms with Gasteiger partial charge in [-0.1, -0.05) is 0 Å². The summed E-state index contributed by atoms with van der Waals surface area (Å²) in [7, 11) is 0. The molecule has 1 aliphatic heterocycles. The van der Waals surface area contributed by atoms with E-state index in [0.29, 0.717) is 17.6 Å². The maximum absolute atomic E-state index is 11.8. The molecule has 1 saturated heterocycles. The zero-order valence-electron chi connectivity index (χ0n) is 13.9. The summed E-state index contributed by atoms with van der Waals surface area (Å²) in [5.41, 5.74) is 7.21. The first kappa shape index (κ1) is 16.5. The van der Waals surface area contributed by atoms with Gasteiger partial charge in [0.2, 0.25) is 0 Å². The van der Waals surface area contributed by atoms with Gasteiger partial charge in [-0.3, -0.25) is 4.79 Å². The molecule has 3 aromatic rings. The molecule has 0 spiro atoms. The van der Waals surface area contributed by atoms with Gasteiger partial charge >= 0.3 is 0 Å². The summed E-state index contributed by atoms with van der Waals surface area (Å²) < 4.78 is 0.906. The zero-order chi connectivity index (χ0) is 17.4. The summed E-state index contributed by atoms with van der Waals surface area (Å²) in [6.45, 7) is 3.13. The van der Waals surface area contributed by atoms with Gasteiger partial charge in [0.05, 0.1) is 10.3 Å². The van der Waals surface area contributed by atoms with Crippen molar-refractivity contribution in [3.63, 3.8) is 0 Å². The lowest BCUT2D eigenvalue weighted by molar-refractivity contribution is 0.100. The highest BCUT2D eigenvalue weighted by atomic mass is 32.1. The molecule has 130 valence electrons. The maximum atomic E-state index is 11.8. The molecule has 0 saturated carbocycles. The van der Waals surface area contributed by atoms with Gasteiger partial charge in [0.15, 0.2) is 0 Å². The fraction of sp³-hybridized carbons (Fsp3) is 0.333. The van der Waals surface area contributed by atoms with Crippen LogP contribution in [0.15, 0.2) is 29.1 Å². The number of primary amides is 1. The summed E-state index contributed by atoms with van der Waals surface area (Å²) in [6.07, 6.45) is 3.85. The Morgan fingerprint density at radius 2 is 2.32 bits per heavy atom. The number of carbonyl (C=O) groups excluding carboxylic acids is 1. The number of hydrogen-bond acceptors (Lipinski definition) is 6. The molecule has 4 heterocycles. The van der Waals surface area contributed by atoms with Gasteiger partial charge in [0, 0.05) is 40.7 Å². The van der Waals surface area contributed by atoms with Crippen LogP contribution >= 0.6 is 22.7 Å². The summed E-state index contributed by atoms with van der Waals surface area (Å²) in [5, 5.41) is 12.2. The Bertz CT molecular complexity index is 895. The minimum absolute atomic E-state index is 0.343. The van der Waals surface area contributed by atoms with Crippen LogP contribution in [-0.2, 0) is 0 Å². The van der Waals surface area contributed by atoms with Crippen molar-refractivity contribution in [1.82, 2.24) is 10.3 Å². The number of nitrogens with zero attached hydrogens (tertiary/aromatic N) is 1. The standard InChI is InChI=1S/C18H20N4OS2/c1-10-2-3-12(7-20-10)22-18-13-6-15(11-4-5-24-9-11)25-16(13)14(8-21-18)17(19)23/h4-6,8-10,12,20H,2-3,7H2,1H3,(H2,19,23)(H,21,22). The van der Waals surface area contributed by atoms with Crippen LogP contribution in [0.4, 0.5) is 5.82 Å². The molecule has 2 unspecified atom stereocenters. The number of pyridine rings is 1. The second-order valence-electron chi connectivity index (χ2n) is 6.48. The first-order valence-corrected chi connectivity index (χ1v) is 10.1. The third-order valence-corrected chi connectivity index (χ3v) is 6.53. The average Bonchev–Trinajstić information content (AvgIpc) is 3.26. The third-order valence-electron chi connectivity index (χ3n) is 4.63. The Morgan fingerprint density at radius 1 is 1.44 bits per heavy atom. The van der Waals surface area contributed by atoms with Crippen molar-refractivity contribution in [2.75, 3.05) is 11.9 Å². The van der Waals surface area contributed by atoms with Gasteiger partial charge in [0.1, 0.15) is 5.82 Å². The number of fused-ring (bicyclic) bond motifs is 1. The van der Waals surface area contributed by atoms with Crippen LogP contribution in [0.25, 0.3) is 20.5 Å². The number of rotatable bonds is 4. The number of aromatic nitrogens is 1. The van der Waals surface area contributed by atoms with Gasteiger partial charge in [-0.2, -0.15) is 11.3 Å². The zero-order valence-corrected chi connectivity index (χ0v) is 15.5. The molecule has 7 heteroatoms. The van der Waals surface area contributed by atoms with E-state index in [0.717, 1.165) is 40.2 Å². The molecule has 0 bridgehead atoms. The summed E-state index contributed by atoms with van der Waals surface area (Å²) >= 11 is 3.26. The van der Waals surface area contributed by atoms with E-state index in [-0.39, 0.29) is 0 Å². The average molecular weight is 373 g/mol. The van der Waals surface area contributed by atoms with E-state index in [4.69, 9.17) is 5.73 Å². The Balaban J connectivity index is 1.74. The van der Waals surface area contributed by atoms with Crippen LogP contribution < -0.4 is 16.4 Å². The van der Waals surface area contributed by atoms with Crippen molar-refractivity contribution in [3.8, 4) is 10.4 Å². The molecule has 2 atom stereocenters. The normalized spacial score (nSPS) is 20.7. The van der Waals surface area contributed by atoms with Crippen LogP contribution in [-0.4, -0.2) is 29.5 Å². The van der Waals surface area contributed by atoms with Gasteiger partial charge in [-0.15, -0.1) is 11.3 Å². The van der Waals surface area contributed by atoms with E-state index in [1.165, 1.54) is 5.56 Å². The predicted octanol–water partition coefficient (Wildman–Crippen LogP) is 3.68. The number of anilines is 1. The Kier molecular flexibility index (Phi) is 4.45. The van der Waals surface area contributed by atoms with Gasteiger partial charge in [0.25, 0.3) is 5.91 Å². The van der Waals surface area contributed by atoms with E-state index in [9.17, 15) is 4.79 Å². The fourth-order valence-electron chi connectivity index (χ4n) is 3.18. The van der Waals surface area contributed by atoms with Gasteiger partial charge < -0.3 is 16.4 Å². The minimum atomic E-state index is -0.434. The van der Waals surface area contributed by atoms with Gasteiger partial charge in [-0.05, 0) is 42.7 Å². The summed E-state index contributed by atoms with van der Waals surface area (Å²) in [6, 6.07) is 5.11. The molecule has 1 aliphatic rings. The number of carbonyl (C=O) groups is 1. The lowest BCUT2D eigenvalue weighted by Gasteiger charge is -2.28. The summed E-state index contributed by atoms with van der Waals surface area (Å²) in [4.78, 5) is 17.4. The highest BCUT2D eigenvalue weighted by molar-refractivity contribution is 7.23. The van der Waals surface area contributed by atoms with Crippen LogP contribution in [0.2, 0.25) is 0 Å². The smallest absolute Gasteiger partial charge is 0.251 e. The monoisotopic (exact) mass is 372 g/mol. The molecular weight excluding hydrogens is 352 g/mol. The minimum Gasteiger partial charge on any atom is -0.366 e. The third kappa shape index (κ3) is 3.27. The van der Waals surface area contributed by atoms with Gasteiger partial charge in [-0.25, -0.2) is 4.98 Å². The molecule has 5 nitrogen and oxygen atoms in total. The molecule has 25 heavy (non-hydrogen) atoms. The van der Waals surface area contributed by atoms with Crippen molar-refractivity contribution in [2.45, 2.75) is 31.8 Å². The number of nitrogens with two attached hydrogens (primary N) is 1. The summed E-state index contributed by atoms with van der Waals surface area (Å²) in [5.74, 6) is 0.398. The second-order valence-corrected chi connectivity index (χ2v) is 8.31. The largest absolute Gasteiger partial charge is 0.366 e. The van der Waals surface area contributed by atoms with Crippen LogP contribution in [0, 0.1) is 0 Å². The van der Waals surface area contributed by atoms with Crippen molar-refractivity contribution in [2.24, 2.45) is 5.73 Å². The van der Waals surface area contributed by atoms with E-state index < -0.39 is 5.91 Å². The van der Waals surface area contributed by atoms with Crippen molar-refractivity contribution in [1.29, 1.82) is 0 Å². The van der Waals surface area contributed by atoms with E-state index in [2.05, 4.69) is 45.4 Å². The Morgan fingerprint density at radius 3 is 3.00 bits per heavy atom. The van der Waals surface area contributed by atoms with Crippen molar-refractivity contribution in [3.05, 3.63) is 34.7 Å². The van der Waals surface area contributed by atoms with E-state index in [1.807, 2.05) is 0 Å². The Hall–Kier alpha value is -1.96. The molecule has 1 fully saturated rings. The SMILES string of the molecule is CC1CCC(Nc2ncc(C(N)=O)c3sc(-c4ccsc4)cc23)CN1. The number of piperidine rings is 1. The van der Waals surface area contributed by atoms with E-state index in [1.54, 1.807) is 28.9 Å². The van der Waals surface area contributed by atoms with Crippen molar-refractivity contribution >= 4 is 44.5 Å². The molecule has 0 aliphatic carbocycles. The predicted molar refractivity (Wildman–Crippen MR) is 106 cm³/mol. The van der Waals surface area contributed by atoms with E-state index >= 15 is 0 Å². The quantitative estimate of drug-likeness (QED) is 0.653. The molecular formula is C18H20N4OS2. The number of nitrogens with one attached hydrogen (secondary N) is 2. The molecule has 4 N–H and O–H groups in total. The molecule has 0 aromatic carbocycles. The van der Waals surface area contributed by atoms with Crippen LogP contribution in [0.3, 0.4) is 0 Å². The molecule has 1 amide bonds. The lowest BCUT2D eigenvalue weighted by Crippen LogP contribution is -2.43. The molecule has 0 radical (unpaired) electrons. The first-order valence-electron chi connectivity index (χ1n) is 8.36. The molecule has 3 aromatic heterocycles. The number of amides is 1. The van der Waals surface area contributed by atoms with Crippen LogP contribution in [0.5, 0.6) is 0 Å². The Labute approximate surface area is 154 Å².